The number of hydrogen-bond acceptors (Lipinski definition) is 2. The van der Waals surface area contributed by atoms with E-state index in [-0.39, 0.29) is 5.78 Å². The van der Waals surface area contributed by atoms with Gasteiger partial charge in [0, 0.05) is 16.2 Å². The molecule has 0 aliphatic heterocycles. The van der Waals surface area contributed by atoms with Crippen LogP contribution in [0.5, 0.6) is 0 Å². The lowest BCUT2D eigenvalue weighted by atomic mass is 9.94. The largest absolute Gasteiger partial charge is 0.287 e. The minimum Gasteiger partial charge on any atom is -0.287 e. The average Bonchev–Trinajstić information content (AvgIpc) is 2.62. The first kappa shape index (κ1) is 16.5. The molecule has 25 heavy (non-hydrogen) atoms. The van der Waals surface area contributed by atoms with Gasteiger partial charge < -0.3 is 0 Å². The molecule has 0 bridgehead atoms. The number of rotatable bonds is 2. The number of carbonyl (C=O) groups is 1. The Morgan fingerprint density at radius 3 is 2.44 bits per heavy atom. The maximum Gasteiger partial charge on any atom is 0.211 e. The number of fused-ring (bicyclic) bond motifs is 3. The van der Waals surface area contributed by atoms with E-state index in [0.29, 0.717) is 21.3 Å². The molecule has 0 aliphatic carbocycles. The van der Waals surface area contributed by atoms with Crippen molar-refractivity contribution >= 4 is 66.5 Å². The van der Waals surface area contributed by atoms with Gasteiger partial charge in [0.05, 0.1) is 10.0 Å². The van der Waals surface area contributed by atoms with Gasteiger partial charge in [-0.1, -0.05) is 51.3 Å². The molecule has 0 aliphatic rings. The van der Waals surface area contributed by atoms with E-state index >= 15 is 0 Å². The first-order chi connectivity index (χ1) is 12.0. The number of carbonyl (C=O) groups excluding carboxylic acids is 1. The van der Waals surface area contributed by atoms with Gasteiger partial charge >= 0.3 is 0 Å². The Kier molecular flexibility index (Phi) is 4.24. The summed E-state index contributed by atoms with van der Waals surface area (Å²) in [6.07, 6.45) is 1.61. The highest BCUT2D eigenvalue weighted by Gasteiger charge is 2.17. The summed E-state index contributed by atoms with van der Waals surface area (Å²) in [5.41, 5.74) is 0.998. The molecule has 1 aromatic heterocycles. The van der Waals surface area contributed by atoms with Crippen molar-refractivity contribution in [1.82, 2.24) is 4.98 Å². The van der Waals surface area contributed by atoms with Crippen LogP contribution in [0.1, 0.15) is 16.1 Å². The van der Waals surface area contributed by atoms with Gasteiger partial charge in [0.1, 0.15) is 5.69 Å². The first-order valence-electron chi connectivity index (χ1n) is 7.51. The molecular formula is C20H10BrCl2NO. The second-order valence-electron chi connectivity index (χ2n) is 5.65. The number of hydrogen-bond donors (Lipinski definition) is 0. The third-order valence-corrected chi connectivity index (χ3v) is 5.31. The third-order valence-electron chi connectivity index (χ3n) is 4.10. The van der Waals surface area contributed by atoms with Crippen LogP contribution in [0.3, 0.4) is 0 Å². The van der Waals surface area contributed by atoms with Crippen molar-refractivity contribution in [3.8, 4) is 0 Å². The molecule has 122 valence electrons. The topological polar surface area (TPSA) is 30.0 Å². The van der Waals surface area contributed by atoms with Crippen molar-refractivity contribution in [2.24, 2.45) is 0 Å². The molecule has 0 spiro atoms. The van der Waals surface area contributed by atoms with E-state index in [2.05, 4.69) is 20.9 Å². The predicted molar refractivity (Wildman–Crippen MR) is 107 cm³/mol. The van der Waals surface area contributed by atoms with Crippen molar-refractivity contribution in [3.63, 3.8) is 0 Å². The van der Waals surface area contributed by atoms with E-state index in [4.69, 9.17) is 23.2 Å². The number of pyridine rings is 1. The zero-order valence-electron chi connectivity index (χ0n) is 12.8. The van der Waals surface area contributed by atoms with E-state index in [1.165, 1.54) is 0 Å². The summed E-state index contributed by atoms with van der Waals surface area (Å²) < 4.78 is 0.926. The van der Waals surface area contributed by atoms with E-state index < -0.39 is 0 Å². The minimum atomic E-state index is -0.124. The molecule has 1 heterocycles. The number of halogens is 3. The number of nitrogens with zero attached hydrogens (tertiary/aromatic N) is 1. The molecule has 0 atom stereocenters. The van der Waals surface area contributed by atoms with Gasteiger partial charge in [0.25, 0.3) is 0 Å². The maximum absolute atomic E-state index is 13.0. The van der Waals surface area contributed by atoms with Gasteiger partial charge in [-0.3, -0.25) is 9.78 Å². The van der Waals surface area contributed by atoms with E-state index in [0.717, 1.165) is 26.0 Å². The summed E-state index contributed by atoms with van der Waals surface area (Å²) in [7, 11) is 0. The van der Waals surface area contributed by atoms with Crippen LogP contribution in [0.25, 0.3) is 21.5 Å². The second kappa shape index (κ2) is 6.41. The maximum atomic E-state index is 13.0. The van der Waals surface area contributed by atoms with Crippen LogP contribution in [0.2, 0.25) is 10.0 Å². The molecule has 4 rings (SSSR count). The van der Waals surface area contributed by atoms with Crippen LogP contribution in [0, 0.1) is 0 Å². The van der Waals surface area contributed by atoms with Crippen LogP contribution in [0.15, 0.2) is 65.3 Å². The normalized spacial score (nSPS) is 11.2. The highest BCUT2D eigenvalue weighted by molar-refractivity contribution is 9.10. The Morgan fingerprint density at radius 1 is 0.880 bits per heavy atom. The molecule has 0 N–H and O–H groups in total. The monoisotopic (exact) mass is 429 g/mol. The molecule has 0 unspecified atom stereocenters. The molecule has 0 radical (unpaired) electrons. The van der Waals surface area contributed by atoms with Crippen molar-refractivity contribution in [2.75, 3.05) is 0 Å². The summed E-state index contributed by atoms with van der Waals surface area (Å²) >= 11 is 15.9. The third kappa shape index (κ3) is 2.93. The Morgan fingerprint density at radius 2 is 1.68 bits per heavy atom. The Labute approximate surface area is 162 Å². The van der Waals surface area contributed by atoms with Gasteiger partial charge in [-0.2, -0.15) is 0 Å². The zero-order chi connectivity index (χ0) is 17.6. The SMILES string of the molecule is O=C(c1ccccn1)c1cc2cc(Cl)c(Cl)cc2c2cc(Br)ccc12. The van der Waals surface area contributed by atoms with Gasteiger partial charge in [0.2, 0.25) is 5.78 Å². The lowest BCUT2D eigenvalue weighted by Gasteiger charge is -2.11. The van der Waals surface area contributed by atoms with Crippen molar-refractivity contribution in [3.05, 3.63) is 86.6 Å². The van der Waals surface area contributed by atoms with Crippen LogP contribution in [0.4, 0.5) is 0 Å². The number of ketones is 1. The molecule has 0 saturated carbocycles. The molecule has 2 nitrogen and oxygen atoms in total. The molecule has 0 saturated heterocycles. The summed E-state index contributed by atoms with van der Waals surface area (Å²) in [4.78, 5) is 17.2. The highest BCUT2D eigenvalue weighted by Crippen LogP contribution is 2.36. The van der Waals surface area contributed by atoms with Gasteiger partial charge in [-0.15, -0.1) is 0 Å². The van der Waals surface area contributed by atoms with Gasteiger partial charge in [0.15, 0.2) is 0 Å². The summed E-state index contributed by atoms with van der Waals surface area (Å²) in [5, 5.41) is 4.54. The van der Waals surface area contributed by atoms with Gasteiger partial charge in [-0.05, 0) is 64.0 Å². The van der Waals surface area contributed by atoms with Crippen LogP contribution >= 0.6 is 39.1 Å². The second-order valence-corrected chi connectivity index (χ2v) is 7.38. The van der Waals surface area contributed by atoms with E-state index in [1.54, 1.807) is 30.5 Å². The quantitative estimate of drug-likeness (QED) is 0.262. The zero-order valence-corrected chi connectivity index (χ0v) is 15.9. The fourth-order valence-electron chi connectivity index (χ4n) is 2.95. The highest BCUT2D eigenvalue weighted by atomic mass is 79.9. The molecule has 3 aromatic carbocycles. The van der Waals surface area contributed by atoms with Crippen LogP contribution in [-0.4, -0.2) is 10.8 Å². The molecule has 5 heteroatoms. The minimum absolute atomic E-state index is 0.124. The molecule has 4 aromatic rings. The van der Waals surface area contributed by atoms with Crippen LogP contribution in [-0.2, 0) is 0 Å². The summed E-state index contributed by atoms with van der Waals surface area (Å²) in [6.45, 7) is 0. The number of benzene rings is 3. The molecule has 0 fully saturated rings. The first-order valence-corrected chi connectivity index (χ1v) is 9.06. The standard InChI is InChI=1S/C20H10BrCl2NO/c21-12-4-5-13-15(9-12)14-10-18(23)17(22)8-11(14)7-16(13)20(25)19-3-1-2-6-24-19/h1-10H. The molecule has 0 amide bonds. The fourth-order valence-corrected chi connectivity index (χ4v) is 3.64. The summed E-state index contributed by atoms with van der Waals surface area (Å²) in [5.74, 6) is -0.124. The van der Waals surface area contributed by atoms with Crippen molar-refractivity contribution < 1.29 is 4.79 Å². The lowest BCUT2D eigenvalue weighted by Crippen LogP contribution is -2.04. The molecular weight excluding hydrogens is 421 g/mol. The predicted octanol–water partition coefficient (Wildman–Crippen LogP) is 6.69. The van der Waals surface area contributed by atoms with E-state index in [1.807, 2.05) is 30.3 Å². The lowest BCUT2D eigenvalue weighted by molar-refractivity contribution is 0.103. The fraction of sp³-hybridized carbons (Fsp3) is 0. The Balaban J connectivity index is 2.10. The Hall–Kier alpha value is -1.94. The average molecular weight is 431 g/mol. The van der Waals surface area contributed by atoms with Gasteiger partial charge in [-0.25, -0.2) is 0 Å². The van der Waals surface area contributed by atoms with Crippen LogP contribution < -0.4 is 0 Å². The smallest absolute Gasteiger partial charge is 0.211 e. The van der Waals surface area contributed by atoms with Crippen molar-refractivity contribution in [2.45, 2.75) is 0 Å². The van der Waals surface area contributed by atoms with E-state index in [9.17, 15) is 4.79 Å². The summed E-state index contributed by atoms with van der Waals surface area (Å²) in [6, 6.07) is 16.6. The number of aromatic nitrogens is 1. The van der Waals surface area contributed by atoms with Crippen molar-refractivity contribution in [1.29, 1.82) is 0 Å². The Bertz CT molecular complexity index is 1140.